The summed E-state index contributed by atoms with van der Waals surface area (Å²) < 4.78 is 5.48. The van der Waals surface area contributed by atoms with E-state index in [0.717, 1.165) is 137 Å². The van der Waals surface area contributed by atoms with E-state index in [1.807, 2.05) is 82.5 Å². The Bertz CT molecular complexity index is 3350. The topological polar surface area (TPSA) is 148 Å². The Morgan fingerprint density at radius 2 is 0.568 bits per heavy atom. The number of hydrogen-bond acceptors (Lipinski definition) is 8. The molecule has 0 N–H and O–H groups in total. The summed E-state index contributed by atoms with van der Waals surface area (Å²) in [5.74, 6) is 11.5. The van der Waals surface area contributed by atoms with E-state index in [4.69, 9.17) is 4.74 Å². The summed E-state index contributed by atoms with van der Waals surface area (Å²) in [6, 6.07) is 2.58. The van der Waals surface area contributed by atoms with Crippen molar-refractivity contribution in [3.63, 3.8) is 0 Å². The van der Waals surface area contributed by atoms with Gasteiger partial charge in [-0.05, 0) is 296 Å². The second-order valence-electron chi connectivity index (χ2n) is 58.3. The highest BCUT2D eigenvalue weighted by Crippen LogP contribution is 2.46. The fraction of sp³-hybridized carbons (Fsp3) is 0.944. The van der Waals surface area contributed by atoms with Gasteiger partial charge in [-0.25, -0.2) is 9.59 Å². The Morgan fingerprint density at radius 1 is 0.302 bits per heavy atom. The molecule has 0 bridgehead atoms. The van der Waals surface area contributed by atoms with Gasteiger partial charge >= 0.3 is 12.1 Å². The standard InChI is InChI=1S/C17H33NO2.C17H31NO.C16H31NO.2C16H30O.C15H28N2O.C15H29NO.C13H26/c1-16(2,3)12-13-9-8-10-14(11-13)18(7)15(19)20-17(4,5)6;1-17(2,3)12-13-7-5-10-15(11-13)18(4)16(19)14-8-6-9-14;1-6-8-15(18)17(5)14-10-7-9-13(11-14)12-16(2,3)4;2*1-5-7-15(17)11-13-8-6-9-14(10-13)12-16(2,3)4;1-15(2,3)11-12-6-5-7-13(10-12)17-9-8-16(4)14(17)18;1-6-14(17)16(5)13-9-7-8-12(10-13)11-15(2,3)4;1-5-11-7-6-8-12(9-11)10-13(2,3)4/h13-14H,8-12H2,1-7H3;13-15H,5-12H2,1-4H3;13-14H,6-12H2,1-5H3;2*13-14H,5-12H2,1-4H3;12-13H,5-11H2,1-4H3;12-13H,6-11H2,1-5H3;11-12H,5-10H2,1-4H3/t;;;2*13-,14+;;;/m...10.../s1. The molecule has 14 heteroatoms. The van der Waals surface area contributed by atoms with E-state index in [2.05, 4.69) is 204 Å². The molecule has 0 aromatic heterocycles. The SMILES string of the molecule is CCC(=O)N(C)C1CCCC(CC(C)(C)C)C1.CCC1CCCC(CC(C)(C)C)C1.CCCC(=O)C[C@@H]1CCC[C@H](CC(C)(C)C)C1.CCCC(=O)C[C@H]1CCC[C@@H](CC(C)(C)C)C1.CCCC(=O)N(C)C1CCCC(CC(C)(C)C)C1.CN(C(=O)C1CCC1)C1CCCC(CC(C)(C)C)C1.CN(C(=O)OC(C)(C)C)C1CCCC(CC(C)(C)C)C1.CN1CCN(C2CCCC(CC(C)(C)C)C2)C1=O. The van der Waals surface area contributed by atoms with E-state index in [1.54, 1.807) is 0 Å². The fourth-order valence-corrected chi connectivity index (χ4v) is 26.4. The maximum atomic E-state index is 12.3. The summed E-state index contributed by atoms with van der Waals surface area (Å²) in [4.78, 5) is 95.6. The van der Waals surface area contributed by atoms with Crippen LogP contribution in [0.3, 0.4) is 0 Å². The molecule has 139 heavy (non-hydrogen) atoms. The molecule has 10 fully saturated rings. The van der Waals surface area contributed by atoms with Crippen LogP contribution in [0.25, 0.3) is 0 Å². The highest BCUT2D eigenvalue weighted by Gasteiger charge is 2.41. The summed E-state index contributed by atoms with van der Waals surface area (Å²) in [7, 11) is 9.83. The second kappa shape index (κ2) is 61.9. The molecule has 9 saturated carbocycles. The van der Waals surface area contributed by atoms with Gasteiger partial charge in [0.15, 0.2) is 0 Å². The molecule has 816 valence electrons. The Hall–Kier alpha value is -3.71. The Labute approximate surface area is 864 Å². The molecule has 0 radical (unpaired) electrons. The zero-order valence-corrected chi connectivity index (χ0v) is 99.7. The number of carbonyl (C=O) groups is 7. The number of amides is 6. The highest BCUT2D eigenvalue weighted by molar-refractivity contribution is 5.80. The first-order valence-corrected chi connectivity index (χ1v) is 59.0. The number of ether oxygens (including phenoxy) is 1. The third kappa shape index (κ3) is 58.0. The molecule has 10 aliphatic rings. The molecule has 6 amide bonds. The molecule has 9 aliphatic carbocycles. The van der Waals surface area contributed by atoms with Gasteiger partial charge in [0.25, 0.3) is 0 Å². The molecule has 10 rings (SSSR count). The van der Waals surface area contributed by atoms with Gasteiger partial charge in [0.2, 0.25) is 17.7 Å². The third-order valence-corrected chi connectivity index (χ3v) is 32.2. The first-order valence-electron chi connectivity index (χ1n) is 59.0. The maximum absolute atomic E-state index is 12.3. The number of likely N-dealkylation sites (N-methyl/N-ethyl adjacent to an activating group) is 1. The lowest BCUT2D eigenvalue weighted by Gasteiger charge is -2.40. The molecule has 0 aromatic carbocycles. The molecule has 12 unspecified atom stereocenters. The van der Waals surface area contributed by atoms with Gasteiger partial charge in [-0.3, -0.25) is 24.0 Å². The molecule has 1 saturated heterocycles. The fourth-order valence-electron chi connectivity index (χ4n) is 26.4. The molecule has 14 nitrogen and oxygen atoms in total. The molecule has 1 heterocycles. The summed E-state index contributed by atoms with van der Waals surface area (Å²) in [5.41, 5.74) is 3.06. The van der Waals surface area contributed by atoms with Crippen LogP contribution in [0.1, 0.15) is 562 Å². The Kier molecular flexibility index (Phi) is 57.7. The minimum atomic E-state index is -0.412. The van der Waals surface area contributed by atoms with Crippen molar-refractivity contribution in [3.05, 3.63) is 0 Å². The van der Waals surface area contributed by atoms with Gasteiger partial charge in [-0.2, -0.15) is 0 Å². The second-order valence-corrected chi connectivity index (χ2v) is 58.3. The van der Waals surface area contributed by atoms with Crippen molar-refractivity contribution in [2.45, 2.75) is 598 Å². The number of rotatable bonds is 26. The lowest BCUT2D eigenvalue weighted by Crippen LogP contribution is -2.44. The molecular weight excluding hydrogens is 1710 g/mol. The number of nitrogens with zero attached hydrogens (tertiary/aromatic N) is 6. The van der Waals surface area contributed by atoms with Crippen LogP contribution in [0, 0.1) is 114 Å². The van der Waals surface area contributed by atoms with Crippen molar-refractivity contribution >= 4 is 41.4 Å². The first-order chi connectivity index (χ1) is 64.2. The van der Waals surface area contributed by atoms with E-state index >= 15 is 0 Å². The predicted molar refractivity (Wildman–Crippen MR) is 597 cm³/mol. The van der Waals surface area contributed by atoms with E-state index in [0.29, 0.717) is 133 Å². The minimum absolute atomic E-state index is 0.182. The van der Waals surface area contributed by atoms with Crippen molar-refractivity contribution in [1.29, 1.82) is 0 Å². The van der Waals surface area contributed by atoms with Gasteiger partial charge < -0.3 is 34.1 Å². The summed E-state index contributed by atoms with van der Waals surface area (Å²) in [6.07, 6.45) is 64.5. The average molecular weight is 1950 g/mol. The lowest BCUT2D eigenvalue weighted by molar-refractivity contribution is -0.140. The van der Waals surface area contributed by atoms with Crippen LogP contribution < -0.4 is 0 Å². The summed E-state index contributed by atoms with van der Waals surface area (Å²) >= 11 is 0. The largest absolute Gasteiger partial charge is 0.444 e. The van der Waals surface area contributed by atoms with Gasteiger partial charge in [0.1, 0.15) is 17.2 Å². The summed E-state index contributed by atoms with van der Waals surface area (Å²) in [6.45, 7) is 74.1. The maximum Gasteiger partial charge on any atom is 0.410 e. The summed E-state index contributed by atoms with van der Waals surface area (Å²) in [5, 5.41) is 0. The number of Topliss-reactive ketones (excluding diaryl/α,β-unsaturated/α-hetero) is 2. The van der Waals surface area contributed by atoms with Crippen LogP contribution in [0.4, 0.5) is 9.59 Å². The van der Waals surface area contributed by atoms with Crippen LogP contribution in [0.5, 0.6) is 0 Å². The molecular formula is C125H238N6O8. The Morgan fingerprint density at radius 3 is 0.849 bits per heavy atom. The van der Waals surface area contributed by atoms with Gasteiger partial charge in [0, 0.05) is 123 Å². The Balaban J connectivity index is 0.000000410. The van der Waals surface area contributed by atoms with Gasteiger partial charge in [0.05, 0.1) is 0 Å². The third-order valence-electron chi connectivity index (χ3n) is 32.2. The van der Waals surface area contributed by atoms with Crippen molar-refractivity contribution in [3.8, 4) is 0 Å². The van der Waals surface area contributed by atoms with Gasteiger partial charge in [-0.1, -0.05) is 336 Å². The van der Waals surface area contributed by atoms with E-state index in [-0.39, 0.29) is 12.1 Å². The molecule has 0 spiro atoms. The van der Waals surface area contributed by atoms with E-state index < -0.39 is 5.60 Å². The molecule has 0 aromatic rings. The van der Waals surface area contributed by atoms with Crippen LogP contribution in [0.2, 0.25) is 0 Å². The van der Waals surface area contributed by atoms with Crippen molar-refractivity contribution in [1.82, 2.24) is 29.4 Å². The van der Waals surface area contributed by atoms with E-state index in [1.165, 1.54) is 257 Å². The monoisotopic (exact) mass is 1950 g/mol. The molecule has 16 atom stereocenters. The molecule has 1 aliphatic heterocycles. The quantitative estimate of drug-likeness (QED) is 0.0831. The number of urea groups is 1. The van der Waals surface area contributed by atoms with Crippen molar-refractivity contribution in [2.24, 2.45) is 114 Å². The highest BCUT2D eigenvalue weighted by atomic mass is 16.6. The minimum Gasteiger partial charge on any atom is -0.444 e. The van der Waals surface area contributed by atoms with E-state index in [9.17, 15) is 33.6 Å². The number of hydrogen-bond donors (Lipinski definition) is 0. The lowest BCUT2D eigenvalue weighted by atomic mass is 9.73. The van der Waals surface area contributed by atoms with Crippen LogP contribution >= 0.6 is 0 Å². The zero-order valence-electron chi connectivity index (χ0n) is 99.7. The van der Waals surface area contributed by atoms with Crippen LogP contribution in [0.15, 0.2) is 0 Å². The average Bonchev–Trinajstić information content (AvgIpc) is 1.51. The number of carbonyl (C=O) groups excluding carboxylic acids is 7. The van der Waals surface area contributed by atoms with Crippen molar-refractivity contribution in [2.75, 3.05) is 48.3 Å². The predicted octanol–water partition coefficient (Wildman–Crippen LogP) is 35.1. The van der Waals surface area contributed by atoms with Crippen LogP contribution in [-0.2, 0) is 28.7 Å². The van der Waals surface area contributed by atoms with Crippen molar-refractivity contribution < 1.29 is 38.3 Å². The van der Waals surface area contributed by atoms with Gasteiger partial charge in [-0.15, -0.1) is 0 Å². The zero-order chi connectivity index (χ0) is 105. The first kappa shape index (κ1) is 129. The normalized spacial score (nSPS) is 26.9. The number of ketones is 2. The smallest absolute Gasteiger partial charge is 0.410 e. The van der Waals surface area contributed by atoms with Crippen LogP contribution in [-0.4, -0.2) is 155 Å².